The van der Waals surface area contributed by atoms with Crippen LogP contribution in [0.2, 0.25) is 0 Å². The lowest BCUT2D eigenvalue weighted by atomic mass is 9.84. The Morgan fingerprint density at radius 3 is 2.05 bits per heavy atom. The fourth-order valence-electron chi connectivity index (χ4n) is 6.36. The van der Waals surface area contributed by atoms with Gasteiger partial charge in [0, 0.05) is 31.8 Å². The third-order valence-corrected chi connectivity index (χ3v) is 9.14. The summed E-state index contributed by atoms with van der Waals surface area (Å²) in [5, 5.41) is 6.17. The average Bonchev–Trinajstić information content (AvgIpc) is 3.41. The van der Waals surface area contributed by atoms with Gasteiger partial charge in [0.1, 0.15) is 12.1 Å². The van der Waals surface area contributed by atoms with E-state index in [-0.39, 0.29) is 53.1 Å². The molecule has 2 N–H and O–H groups in total. The van der Waals surface area contributed by atoms with Gasteiger partial charge in [-0.1, -0.05) is 67.9 Å². The molecule has 2 aliphatic rings. The number of piperidine rings is 1. The molecule has 0 aliphatic carbocycles. The summed E-state index contributed by atoms with van der Waals surface area (Å²) in [5.41, 5.74) is 0.118. The molecule has 44 heavy (non-hydrogen) atoms. The molecule has 0 aromatic carbocycles. The number of nitrogens with one attached hydrogen (secondary N) is 2. The molecule has 2 fully saturated rings. The smallest absolute Gasteiger partial charge is 0.249 e. The maximum Gasteiger partial charge on any atom is 0.249 e. The minimum atomic E-state index is -0.721. The number of carbonyl (C=O) groups excluding carboxylic acids is 4. The molecular formula is C35H63N5O4. The first-order valence-electron chi connectivity index (χ1n) is 16.9. The first-order chi connectivity index (χ1) is 20.3. The van der Waals surface area contributed by atoms with Gasteiger partial charge in [0.25, 0.3) is 0 Å². The molecule has 4 atom stereocenters. The Balaban J connectivity index is 2.22. The molecule has 2 aliphatic heterocycles. The maximum atomic E-state index is 14.1. The SMILES string of the molecule is C/C(=C\[C@H](C(C)C)N(C)C(=O)[C@@H](NC(=O)[C@H]1CCCCN1C(C)C)C(C)(C)C)C(=O)N1CCC[C@H]1C(=O)NCCC(C)(C)C. The van der Waals surface area contributed by atoms with Crippen molar-refractivity contribution in [2.45, 2.75) is 145 Å². The molecule has 0 saturated carbocycles. The molecule has 0 bridgehead atoms. The molecule has 0 radical (unpaired) electrons. The van der Waals surface area contributed by atoms with Crippen LogP contribution in [-0.4, -0.2) is 95.2 Å². The molecule has 2 heterocycles. The summed E-state index contributed by atoms with van der Waals surface area (Å²) in [4.78, 5) is 60.0. The van der Waals surface area contributed by atoms with E-state index in [9.17, 15) is 19.2 Å². The van der Waals surface area contributed by atoms with Gasteiger partial charge in [-0.05, 0) is 76.2 Å². The molecule has 9 nitrogen and oxygen atoms in total. The van der Waals surface area contributed by atoms with E-state index in [1.807, 2.05) is 40.7 Å². The van der Waals surface area contributed by atoms with Crippen LogP contribution in [0, 0.1) is 16.7 Å². The zero-order valence-corrected chi connectivity index (χ0v) is 29.9. The maximum absolute atomic E-state index is 14.1. The first-order valence-corrected chi connectivity index (χ1v) is 16.9. The number of rotatable bonds is 11. The van der Waals surface area contributed by atoms with E-state index in [1.54, 1.807) is 23.8 Å². The largest absolute Gasteiger partial charge is 0.354 e. The van der Waals surface area contributed by atoms with Gasteiger partial charge in [0.15, 0.2) is 0 Å². The van der Waals surface area contributed by atoms with Crippen LogP contribution in [0.1, 0.15) is 115 Å². The fourth-order valence-corrected chi connectivity index (χ4v) is 6.36. The zero-order valence-electron chi connectivity index (χ0n) is 29.9. The van der Waals surface area contributed by atoms with Crippen molar-refractivity contribution < 1.29 is 19.2 Å². The first kappa shape index (κ1) is 37.8. The number of hydrogen-bond acceptors (Lipinski definition) is 5. The lowest BCUT2D eigenvalue weighted by Crippen LogP contribution is -2.60. The van der Waals surface area contributed by atoms with Crippen molar-refractivity contribution in [3.63, 3.8) is 0 Å². The summed E-state index contributed by atoms with van der Waals surface area (Å²) >= 11 is 0. The van der Waals surface area contributed by atoms with Gasteiger partial charge in [-0.3, -0.25) is 24.1 Å². The number of amides is 4. The highest BCUT2D eigenvalue weighted by Gasteiger charge is 2.40. The van der Waals surface area contributed by atoms with Crippen molar-refractivity contribution in [2.24, 2.45) is 16.7 Å². The summed E-state index contributed by atoms with van der Waals surface area (Å²) in [6.45, 7) is 24.4. The second kappa shape index (κ2) is 15.7. The Labute approximate surface area is 267 Å². The Hall–Kier alpha value is -2.42. The lowest BCUT2D eigenvalue weighted by molar-refractivity contribution is -0.142. The summed E-state index contributed by atoms with van der Waals surface area (Å²) in [5.74, 6) is -0.517. The van der Waals surface area contributed by atoms with Crippen LogP contribution in [0.4, 0.5) is 0 Å². The van der Waals surface area contributed by atoms with E-state index in [4.69, 9.17) is 0 Å². The summed E-state index contributed by atoms with van der Waals surface area (Å²) in [6.07, 6.45) is 7.02. The van der Waals surface area contributed by atoms with Gasteiger partial charge in [-0.2, -0.15) is 0 Å². The third kappa shape index (κ3) is 10.3. The Bertz CT molecular complexity index is 1040. The predicted molar refractivity (Wildman–Crippen MR) is 178 cm³/mol. The van der Waals surface area contributed by atoms with Crippen molar-refractivity contribution in [2.75, 3.05) is 26.7 Å². The van der Waals surface area contributed by atoms with E-state index in [0.29, 0.717) is 25.1 Å². The van der Waals surface area contributed by atoms with E-state index in [1.165, 1.54) is 0 Å². The number of likely N-dealkylation sites (N-methyl/N-ethyl adjacent to an activating group) is 1. The van der Waals surface area contributed by atoms with Crippen LogP contribution < -0.4 is 10.6 Å². The van der Waals surface area contributed by atoms with Crippen molar-refractivity contribution in [1.29, 1.82) is 0 Å². The summed E-state index contributed by atoms with van der Waals surface area (Å²) in [7, 11) is 1.76. The minimum Gasteiger partial charge on any atom is -0.354 e. The highest BCUT2D eigenvalue weighted by Crippen LogP contribution is 2.27. The summed E-state index contributed by atoms with van der Waals surface area (Å²) in [6, 6.07) is -1.56. The molecule has 0 aromatic heterocycles. The van der Waals surface area contributed by atoms with E-state index in [0.717, 1.165) is 38.6 Å². The topological polar surface area (TPSA) is 102 Å². The van der Waals surface area contributed by atoms with Crippen LogP contribution in [0.5, 0.6) is 0 Å². The van der Waals surface area contributed by atoms with Gasteiger partial charge in [0.05, 0.1) is 12.1 Å². The molecule has 0 unspecified atom stereocenters. The second-order valence-electron chi connectivity index (χ2n) is 15.9. The van der Waals surface area contributed by atoms with Crippen LogP contribution in [0.15, 0.2) is 11.6 Å². The molecule has 0 spiro atoms. The Morgan fingerprint density at radius 1 is 0.886 bits per heavy atom. The number of hydrogen-bond donors (Lipinski definition) is 2. The third-order valence-electron chi connectivity index (χ3n) is 9.14. The highest BCUT2D eigenvalue weighted by molar-refractivity contribution is 5.97. The van der Waals surface area contributed by atoms with Crippen LogP contribution in [0.3, 0.4) is 0 Å². The molecule has 9 heteroatoms. The predicted octanol–water partition coefficient (Wildman–Crippen LogP) is 4.75. The highest BCUT2D eigenvalue weighted by atomic mass is 16.2. The van der Waals surface area contributed by atoms with Crippen molar-refractivity contribution >= 4 is 23.6 Å². The molecule has 2 rings (SSSR count). The molecule has 0 aromatic rings. The number of nitrogens with zero attached hydrogens (tertiary/aromatic N) is 3. The normalized spacial score (nSPS) is 21.8. The van der Waals surface area contributed by atoms with Crippen LogP contribution in [-0.2, 0) is 19.2 Å². The van der Waals surface area contributed by atoms with Crippen LogP contribution in [0.25, 0.3) is 0 Å². The lowest BCUT2D eigenvalue weighted by Gasteiger charge is -2.41. The second-order valence-corrected chi connectivity index (χ2v) is 15.9. The number of likely N-dealkylation sites (tertiary alicyclic amines) is 2. The monoisotopic (exact) mass is 617 g/mol. The van der Waals surface area contributed by atoms with Crippen LogP contribution >= 0.6 is 0 Å². The molecule has 252 valence electrons. The molecule has 4 amide bonds. The van der Waals surface area contributed by atoms with E-state index >= 15 is 0 Å². The molecular weight excluding hydrogens is 554 g/mol. The van der Waals surface area contributed by atoms with Crippen molar-refractivity contribution in [1.82, 2.24) is 25.3 Å². The minimum absolute atomic E-state index is 0.0212. The zero-order chi connectivity index (χ0) is 33.6. The van der Waals surface area contributed by atoms with Gasteiger partial charge in [-0.25, -0.2) is 0 Å². The summed E-state index contributed by atoms with van der Waals surface area (Å²) < 4.78 is 0. The Morgan fingerprint density at radius 2 is 1.50 bits per heavy atom. The standard InChI is InChI=1S/C35H63N5O4/c1-23(2)28(22-25(5)32(43)40-21-15-17-26(40)30(41)36-19-18-34(6,7)8)38(12)33(44)29(35(9,10)11)37-31(42)27-16-13-14-20-39(27)24(3)4/h22-24,26-29H,13-21H2,1-12H3,(H,36,41)(H,37,42)/b25-22+/t26-,27+,28+,29+/m0/s1. The average molecular weight is 618 g/mol. The quantitative estimate of drug-likeness (QED) is 0.326. The van der Waals surface area contributed by atoms with E-state index in [2.05, 4.69) is 50.2 Å². The van der Waals surface area contributed by atoms with E-state index < -0.39 is 17.5 Å². The van der Waals surface area contributed by atoms with Gasteiger partial charge < -0.3 is 20.4 Å². The van der Waals surface area contributed by atoms with Crippen molar-refractivity contribution in [3.8, 4) is 0 Å². The number of carbonyl (C=O) groups is 4. The Kier molecular flexibility index (Phi) is 13.5. The van der Waals surface area contributed by atoms with Gasteiger partial charge in [0.2, 0.25) is 23.6 Å². The molecule has 2 saturated heterocycles. The fraction of sp³-hybridized carbons (Fsp3) is 0.829. The van der Waals surface area contributed by atoms with Crippen molar-refractivity contribution in [3.05, 3.63) is 11.6 Å². The van der Waals surface area contributed by atoms with Gasteiger partial charge in [-0.15, -0.1) is 0 Å². The van der Waals surface area contributed by atoms with Gasteiger partial charge >= 0.3 is 0 Å².